The number of anilines is 1. The Balaban J connectivity index is 2.11. The Labute approximate surface area is 189 Å². The van der Waals surface area contributed by atoms with E-state index in [0.717, 1.165) is 54.9 Å². The summed E-state index contributed by atoms with van der Waals surface area (Å²) in [6, 6.07) is 9.42. The Hall–Kier alpha value is -2.31. The van der Waals surface area contributed by atoms with Crippen molar-refractivity contribution >= 4 is 23.4 Å². The van der Waals surface area contributed by atoms with Crippen LogP contribution in [0.4, 0.5) is 5.69 Å². The van der Waals surface area contributed by atoms with Crippen molar-refractivity contribution in [3.63, 3.8) is 0 Å². The lowest BCUT2D eigenvalue weighted by molar-refractivity contribution is 0.1000. The second-order valence-electron chi connectivity index (χ2n) is 8.84. The number of halogens is 1. The fourth-order valence-electron chi connectivity index (χ4n) is 4.80. The van der Waals surface area contributed by atoms with Crippen molar-refractivity contribution in [1.29, 1.82) is 0 Å². The maximum atomic E-state index is 12.9. The van der Waals surface area contributed by atoms with Crippen LogP contribution >= 0.6 is 11.8 Å². The number of nitrogens with zero attached hydrogens (tertiary/aromatic N) is 2. The number of aromatic nitrogens is 1. The molecule has 1 aromatic heterocycles. The van der Waals surface area contributed by atoms with E-state index in [2.05, 4.69) is 23.7 Å². The molecule has 1 fully saturated rings. The van der Waals surface area contributed by atoms with E-state index in [1.54, 1.807) is 6.07 Å². The third-order valence-corrected chi connectivity index (χ3v) is 7.24. The smallest absolute Gasteiger partial charge is 0.253 e. The minimum atomic E-state index is -0.459. The summed E-state index contributed by atoms with van der Waals surface area (Å²) in [5, 5.41) is 0. The molecule has 3 rings (SSSR count). The largest absolute Gasteiger partial charge is 0.366 e. The van der Waals surface area contributed by atoms with Gasteiger partial charge in [-0.05, 0) is 87.6 Å². The number of nitrogens with one attached hydrogen (secondary N) is 1. The second kappa shape index (κ2) is 9.45. The first-order chi connectivity index (χ1) is 14.7. The Morgan fingerprint density at radius 2 is 1.97 bits per heavy atom. The summed E-state index contributed by atoms with van der Waals surface area (Å²) in [5.41, 5.74) is 9.19. The molecule has 7 heteroatoms. The molecule has 0 bridgehead atoms. The van der Waals surface area contributed by atoms with Crippen LogP contribution in [0.1, 0.15) is 60.3 Å². The molecule has 0 aliphatic carbocycles. The highest BCUT2D eigenvalue weighted by molar-refractivity contribution is 6.13. The average molecular weight is 445 g/mol. The molecular formula is C24H33ClN4O2. The van der Waals surface area contributed by atoms with Crippen LogP contribution in [0, 0.1) is 19.8 Å². The zero-order valence-corrected chi connectivity index (χ0v) is 19.6. The topological polar surface area (TPSA) is 82.4 Å². The van der Waals surface area contributed by atoms with E-state index >= 15 is 0 Å². The van der Waals surface area contributed by atoms with Crippen LogP contribution in [0.25, 0.3) is 0 Å². The van der Waals surface area contributed by atoms with Crippen LogP contribution in [0.15, 0.2) is 35.1 Å². The highest BCUT2D eigenvalue weighted by Gasteiger charge is 2.40. The van der Waals surface area contributed by atoms with Crippen molar-refractivity contribution in [2.45, 2.75) is 59.0 Å². The number of primary amides is 1. The summed E-state index contributed by atoms with van der Waals surface area (Å²) in [4.78, 5) is 30.0. The molecule has 1 aliphatic heterocycles. The number of benzene rings is 1. The predicted octanol–water partition coefficient (Wildman–Crippen LogP) is 4.13. The summed E-state index contributed by atoms with van der Waals surface area (Å²) in [7, 11) is 0. The molecule has 1 amide bonds. The van der Waals surface area contributed by atoms with Crippen LogP contribution in [0.3, 0.4) is 0 Å². The number of nitrogens with two attached hydrogens (primary N) is 1. The first kappa shape index (κ1) is 23.4. The molecule has 168 valence electrons. The van der Waals surface area contributed by atoms with E-state index in [0.29, 0.717) is 18.0 Å². The van der Waals surface area contributed by atoms with Gasteiger partial charge in [0.25, 0.3) is 5.56 Å². The fraction of sp³-hybridized carbons (Fsp3) is 0.500. The molecule has 1 unspecified atom stereocenters. The number of amides is 1. The molecule has 2 aromatic rings. The van der Waals surface area contributed by atoms with Gasteiger partial charge in [0, 0.05) is 47.7 Å². The van der Waals surface area contributed by atoms with Gasteiger partial charge in [0.05, 0.1) is 0 Å². The number of hydrogen-bond acceptors (Lipinski definition) is 4. The van der Waals surface area contributed by atoms with Crippen molar-refractivity contribution < 1.29 is 4.79 Å². The van der Waals surface area contributed by atoms with Gasteiger partial charge >= 0.3 is 0 Å². The van der Waals surface area contributed by atoms with E-state index < -0.39 is 5.91 Å². The highest BCUT2D eigenvalue weighted by Crippen LogP contribution is 2.40. The molecule has 0 radical (unpaired) electrons. The Morgan fingerprint density at radius 3 is 2.55 bits per heavy atom. The van der Waals surface area contributed by atoms with E-state index in [-0.39, 0.29) is 11.1 Å². The zero-order chi connectivity index (χ0) is 22.8. The minimum Gasteiger partial charge on any atom is -0.366 e. The fourth-order valence-corrected chi connectivity index (χ4v) is 5.00. The minimum absolute atomic E-state index is 0.0670. The van der Waals surface area contributed by atoms with Crippen LogP contribution in [-0.2, 0) is 6.54 Å². The molecule has 0 spiro atoms. The molecule has 6 nitrogen and oxygen atoms in total. The summed E-state index contributed by atoms with van der Waals surface area (Å²) < 4.78 is 1.85. The number of piperidine rings is 1. The first-order valence-electron chi connectivity index (χ1n) is 10.9. The molecule has 1 aliphatic rings. The Kier molecular flexibility index (Phi) is 7.12. The van der Waals surface area contributed by atoms with E-state index in [1.165, 1.54) is 0 Å². The van der Waals surface area contributed by atoms with Gasteiger partial charge in [0.2, 0.25) is 5.91 Å². The highest BCUT2D eigenvalue weighted by atomic mass is 35.5. The van der Waals surface area contributed by atoms with Crippen LogP contribution < -0.4 is 16.2 Å². The van der Waals surface area contributed by atoms with Gasteiger partial charge in [-0.25, -0.2) is 4.42 Å². The standard InChI is InChI=1S/C24H33ClN4O2/c1-5-24(4,19-9-11-28(25)12-10-19)29(20-8-6-7-18(14-20)22(26)30)15-21-16(2)13-17(3)27-23(21)31/h6-8,13-14,19H,5,9-12,15H2,1-4H3,(H2,26,30)(H,27,31). The van der Waals surface area contributed by atoms with Gasteiger partial charge < -0.3 is 15.6 Å². The van der Waals surface area contributed by atoms with Crippen LogP contribution in [0.2, 0.25) is 0 Å². The number of carbonyl (C=O) groups is 1. The van der Waals surface area contributed by atoms with Gasteiger partial charge in [0.1, 0.15) is 0 Å². The van der Waals surface area contributed by atoms with E-state index in [4.69, 9.17) is 17.5 Å². The Bertz CT molecular complexity index is 997. The monoisotopic (exact) mass is 444 g/mol. The lowest BCUT2D eigenvalue weighted by atomic mass is 9.75. The van der Waals surface area contributed by atoms with Crippen molar-refractivity contribution in [1.82, 2.24) is 9.40 Å². The van der Waals surface area contributed by atoms with Gasteiger partial charge in [-0.1, -0.05) is 13.0 Å². The number of aromatic amines is 1. The zero-order valence-electron chi connectivity index (χ0n) is 18.9. The predicted molar refractivity (Wildman–Crippen MR) is 127 cm³/mol. The molecule has 0 saturated carbocycles. The summed E-state index contributed by atoms with van der Waals surface area (Å²) in [6.07, 6.45) is 2.84. The van der Waals surface area contributed by atoms with Crippen molar-refractivity contribution in [3.05, 3.63) is 63.1 Å². The number of H-pyrrole nitrogens is 1. The normalized spacial score (nSPS) is 17.3. The van der Waals surface area contributed by atoms with E-state index in [1.807, 2.05) is 42.5 Å². The quantitative estimate of drug-likeness (QED) is 0.629. The Morgan fingerprint density at radius 1 is 1.29 bits per heavy atom. The summed E-state index contributed by atoms with van der Waals surface area (Å²) in [6.45, 7) is 10.4. The van der Waals surface area contributed by atoms with Gasteiger partial charge in [0.15, 0.2) is 0 Å². The SMILES string of the molecule is CCC(C)(C1CCN(Cl)CC1)N(Cc1c(C)cc(C)[nH]c1=O)c1cccc(C(N)=O)c1. The van der Waals surface area contributed by atoms with Crippen molar-refractivity contribution in [3.8, 4) is 0 Å². The van der Waals surface area contributed by atoms with Gasteiger partial charge in [-0.2, -0.15) is 0 Å². The maximum absolute atomic E-state index is 12.9. The third-order valence-electron chi connectivity index (χ3n) is 6.90. The second-order valence-corrected chi connectivity index (χ2v) is 9.32. The first-order valence-corrected chi connectivity index (χ1v) is 11.3. The molecular weight excluding hydrogens is 412 g/mol. The average Bonchev–Trinajstić information content (AvgIpc) is 2.73. The molecule has 1 aromatic carbocycles. The lowest BCUT2D eigenvalue weighted by Gasteiger charge is -2.50. The van der Waals surface area contributed by atoms with Crippen LogP contribution in [-0.4, -0.2) is 33.9 Å². The lowest BCUT2D eigenvalue weighted by Crippen LogP contribution is -2.54. The molecule has 2 heterocycles. The maximum Gasteiger partial charge on any atom is 0.253 e. The van der Waals surface area contributed by atoms with Crippen LogP contribution in [0.5, 0.6) is 0 Å². The number of rotatable bonds is 7. The third kappa shape index (κ3) is 4.96. The number of carbonyl (C=O) groups excluding carboxylic acids is 1. The number of hydrogen-bond donors (Lipinski definition) is 2. The molecule has 3 N–H and O–H groups in total. The molecule has 1 atom stereocenters. The van der Waals surface area contributed by atoms with Crippen molar-refractivity contribution in [2.24, 2.45) is 11.7 Å². The van der Waals surface area contributed by atoms with E-state index in [9.17, 15) is 9.59 Å². The molecule has 31 heavy (non-hydrogen) atoms. The summed E-state index contributed by atoms with van der Waals surface area (Å²) >= 11 is 6.24. The molecule has 1 saturated heterocycles. The number of pyridine rings is 1. The van der Waals surface area contributed by atoms with Gasteiger partial charge in [-0.15, -0.1) is 0 Å². The number of aryl methyl sites for hydroxylation is 2. The van der Waals surface area contributed by atoms with Crippen molar-refractivity contribution in [2.75, 3.05) is 18.0 Å². The van der Waals surface area contributed by atoms with Gasteiger partial charge in [-0.3, -0.25) is 9.59 Å². The summed E-state index contributed by atoms with van der Waals surface area (Å²) in [5.74, 6) is -0.0608.